The van der Waals surface area contributed by atoms with Gasteiger partial charge in [0.2, 0.25) is 0 Å². The number of hydrogen-bond donors (Lipinski definition) is 2. The molecule has 1 rings (SSSR count). The van der Waals surface area contributed by atoms with Gasteiger partial charge in [-0.1, -0.05) is 5.16 Å². The summed E-state index contributed by atoms with van der Waals surface area (Å²) in [5.74, 6) is 0.0270. The van der Waals surface area contributed by atoms with Crippen LogP contribution in [-0.4, -0.2) is 28.6 Å². The van der Waals surface area contributed by atoms with Crippen molar-refractivity contribution in [3.05, 3.63) is 24.0 Å². The normalized spacial score (nSPS) is 11.9. The van der Waals surface area contributed by atoms with E-state index in [1.807, 2.05) is 6.07 Å². The van der Waals surface area contributed by atoms with Crippen LogP contribution < -0.4 is 10.6 Å². The molecule has 0 fully saturated rings. The molecule has 0 amide bonds. The second-order valence-electron chi connectivity index (χ2n) is 3.77. The number of amidine groups is 1. The smallest absolute Gasteiger partial charge is 0.188 e. The number of nitrogens with zero attached hydrogens (tertiary/aromatic N) is 3. The molecule has 0 atom stereocenters. The van der Waals surface area contributed by atoms with Crippen molar-refractivity contribution in [1.29, 1.82) is 0 Å². The maximum Gasteiger partial charge on any atom is 0.188 e. The van der Waals surface area contributed by atoms with Gasteiger partial charge >= 0.3 is 0 Å². The van der Waals surface area contributed by atoms with E-state index in [-0.39, 0.29) is 5.84 Å². The summed E-state index contributed by atoms with van der Waals surface area (Å²) in [7, 11) is 0. The van der Waals surface area contributed by atoms with E-state index < -0.39 is 0 Å². The molecule has 88 valence electrons. The van der Waals surface area contributed by atoms with Crippen molar-refractivity contribution in [3.63, 3.8) is 0 Å². The number of nitrogens with two attached hydrogens (primary N) is 1. The zero-order valence-electron chi connectivity index (χ0n) is 9.88. The summed E-state index contributed by atoms with van der Waals surface area (Å²) in [6.45, 7) is 7.27. The van der Waals surface area contributed by atoms with Crippen molar-refractivity contribution < 1.29 is 5.21 Å². The van der Waals surface area contributed by atoms with Crippen molar-refractivity contribution in [2.75, 3.05) is 11.4 Å². The fraction of sp³-hybridized carbons (Fsp3) is 0.455. The first-order valence-electron chi connectivity index (χ1n) is 5.30. The lowest BCUT2D eigenvalue weighted by Crippen LogP contribution is -2.30. The van der Waals surface area contributed by atoms with E-state index in [1.165, 1.54) is 0 Å². The molecule has 5 nitrogen and oxygen atoms in total. The Balaban J connectivity index is 2.94. The number of pyridine rings is 1. The largest absolute Gasteiger partial charge is 0.409 e. The molecule has 0 saturated carbocycles. The van der Waals surface area contributed by atoms with E-state index in [4.69, 9.17) is 10.9 Å². The van der Waals surface area contributed by atoms with Gasteiger partial charge in [-0.2, -0.15) is 0 Å². The molecule has 0 radical (unpaired) electrons. The zero-order chi connectivity index (χ0) is 12.1. The fourth-order valence-corrected chi connectivity index (χ4v) is 1.60. The Morgan fingerprint density at radius 1 is 1.56 bits per heavy atom. The fourth-order valence-electron chi connectivity index (χ4n) is 1.60. The van der Waals surface area contributed by atoms with Crippen LogP contribution >= 0.6 is 0 Å². The number of aromatic nitrogens is 1. The van der Waals surface area contributed by atoms with Gasteiger partial charge in [0.05, 0.1) is 11.9 Å². The van der Waals surface area contributed by atoms with E-state index in [0.29, 0.717) is 11.7 Å². The summed E-state index contributed by atoms with van der Waals surface area (Å²) in [6, 6.07) is 4.08. The molecule has 1 aromatic rings. The summed E-state index contributed by atoms with van der Waals surface area (Å²) in [5.41, 5.74) is 6.95. The predicted molar refractivity (Wildman–Crippen MR) is 64.9 cm³/mol. The highest BCUT2D eigenvalue weighted by molar-refractivity contribution is 5.95. The highest BCUT2D eigenvalue weighted by Gasteiger charge is 2.09. The third kappa shape index (κ3) is 2.62. The van der Waals surface area contributed by atoms with Crippen LogP contribution in [0.15, 0.2) is 23.5 Å². The topological polar surface area (TPSA) is 74.7 Å². The maximum atomic E-state index is 8.51. The van der Waals surface area contributed by atoms with Crippen LogP contribution in [0.3, 0.4) is 0 Å². The SMILES string of the molecule is CCN(c1ccc(/C(N)=N/O)nc1)C(C)C. The van der Waals surface area contributed by atoms with Crippen LogP contribution in [0.2, 0.25) is 0 Å². The average molecular weight is 222 g/mol. The van der Waals surface area contributed by atoms with E-state index in [2.05, 4.69) is 35.8 Å². The minimum Gasteiger partial charge on any atom is -0.409 e. The van der Waals surface area contributed by atoms with Crippen LogP contribution in [0.4, 0.5) is 5.69 Å². The Bertz CT molecular complexity index is 359. The van der Waals surface area contributed by atoms with E-state index >= 15 is 0 Å². The highest BCUT2D eigenvalue weighted by atomic mass is 16.4. The van der Waals surface area contributed by atoms with E-state index in [1.54, 1.807) is 12.3 Å². The van der Waals surface area contributed by atoms with Gasteiger partial charge in [0, 0.05) is 12.6 Å². The van der Waals surface area contributed by atoms with Gasteiger partial charge in [-0.15, -0.1) is 0 Å². The molecule has 1 aromatic heterocycles. The molecule has 0 bridgehead atoms. The standard InChI is InChI=1S/C11H18N4O/c1-4-15(8(2)3)9-5-6-10(13-7-9)11(12)14-16/h5-8,16H,4H2,1-3H3,(H2,12,14). The average Bonchev–Trinajstić information content (AvgIpc) is 2.29. The van der Waals surface area contributed by atoms with Gasteiger partial charge in [-0.25, -0.2) is 0 Å². The maximum absolute atomic E-state index is 8.51. The van der Waals surface area contributed by atoms with Crippen LogP contribution in [0.1, 0.15) is 26.5 Å². The van der Waals surface area contributed by atoms with E-state index in [0.717, 1.165) is 12.2 Å². The molecular weight excluding hydrogens is 204 g/mol. The lowest BCUT2D eigenvalue weighted by molar-refractivity contribution is 0.318. The van der Waals surface area contributed by atoms with Crippen LogP contribution in [0.25, 0.3) is 0 Å². The van der Waals surface area contributed by atoms with Crippen molar-refractivity contribution in [2.45, 2.75) is 26.8 Å². The van der Waals surface area contributed by atoms with Crippen molar-refractivity contribution >= 4 is 11.5 Å². The van der Waals surface area contributed by atoms with Crippen molar-refractivity contribution in [1.82, 2.24) is 4.98 Å². The van der Waals surface area contributed by atoms with Gasteiger partial charge in [0.25, 0.3) is 0 Å². The van der Waals surface area contributed by atoms with Gasteiger partial charge in [0.1, 0.15) is 5.69 Å². The molecule has 0 saturated heterocycles. The van der Waals surface area contributed by atoms with Crippen LogP contribution in [0.5, 0.6) is 0 Å². The molecule has 0 spiro atoms. The molecule has 0 aliphatic heterocycles. The lowest BCUT2D eigenvalue weighted by atomic mass is 10.2. The molecule has 0 aliphatic carbocycles. The summed E-state index contributed by atoms with van der Waals surface area (Å²) >= 11 is 0. The zero-order valence-corrected chi connectivity index (χ0v) is 9.88. The minimum absolute atomic E-state index is 0.0270. The quantitative estimate of drug-likeness (QED) is 0.349. The Morgan fingerprint density at radius 3 is 2.62 bits per heavy atom. The van der Waals surface area contributed by atoms with Crippen molar-refractivity contribution in [2.24, 2.45) is 10.9 Å². The van der Waals surface area contributed by atoms with Crippen LogP contribution in [-0.2, 0) is 0 Å². The molecule has 16 heavy (non-hydrogen) atoms. The third-order valence-electron chi connectivity index (χ3n) is 2.41. The first-order valence-corrected chi connectivity index (χ1v) is 5.30. The van der Waals surface area contributed by atoms with E-state index in [9.17, 15) is 0 Å². The number of anilines is 1. The summed E-state index contributed by atoms with van der Waals surface area (Å²) in [4.78, 5) is 6.35. The summed E-state index contributed by atoms with van der Waals surface area (Å²) in [5, 5.41) is 11.4. The summed E-state index contributed by atoms with van der Waals surface area (Å²) < 4.78 is 0. The Morgan fingerprint density at radius 2 is 2.25 bits per heavy atom. The number of oxime groups is 1. The first-order chi connectivity index (χ1) is 7.60. The Hall–Kier alpha value is -1.78. The monoisotopic (exact) mass is 222 g/mol. The molecule has 3 N–H and O–H groups in total. The molecule has 1 heterocycles. The predicted octanol–water partition coefficient (Wildman–Crippen LogP) is 1.41. The second kappa shape index (κ2) is 5.34. The molecule has 0 aromatic carbocycles. The Labute approximate surface area is 95.6 Å². The minimum atomic E-state index is 0.0270. The van der Waals surface area contributed by atoms with Gasteiger partial charge in [-0.05, 0) is 32.9 Å². The number of rotatable bonds is 4. The molecular formula is C11H18N4O. The summed E-state index contributed by atoms with van der Waals surface area (Å²) in [6.07, 6.45) is 1.73. The molecule has 0 aliphatic rings. The molecule has 5 heteroatoms. The second-order valence-corrected chi connectivity index (χ2v) is 3.77. The van der Waals surface area contributed by atoms with Gasteiger partial charge in [-0.3, -0.25) is 4.98 Å². The Kier molecular flexibility index (Phi) is 4.10. The van der Waals surface area contributed by atoms with Gasteiger partial charge < -0.3 is 15.8 Å². The highest BCUT2D eigenvalue weighted by Crippen LogP contribution is 2.15. The molecule has 0 unspecified atom stereocenters. The number of hydrogen-bond acceptors (Lipinski definition) is 4. The van der Waals surface area contributed by atoms with Crippen LogP contribution in [0, 0.1) is 0 Å². The third-order valence-corrected chi connectivity index (χ3v) is 2.41. The lowest BCUT2D eigenvalue weighted by Gasteiger charge is -2.27. The van der Waals surface area contributed by atoms with Crippen molar-refractivity contribution in [3.8, 4) is 0 Å². The first kappa shape index (κ1) is 12.3. The van der Waals surface area contributed by atoms with Gasteiger partial charge in [0.15, 0.2) is 5.84 Å².